The SMILES string of the molecule is CNc1cnc(C(C)C)nc1CNCC(C)C. The van der Waals surface area contributed by atoms with Gasteiger partial charge in [0.1, 0.15) is 5.82 Å². The summed E-state index contributed by atoms with van der Waals surface area (Å²) in [6.45, 7) is 10.4. The van der Waals surface area contributed by atoms with E-state index in [9.17, 15) is 0 Å². The second-order valence-corrected chi connectivity index (χ2v) is 5.02. The van der Waals surface area contributed by atoms with Crippen molar-refractivity contribution in [1.82, 2.24) is 15.3 Å². The molecule has 4 heteroatoms. The van der Waals surface area contributed by atoms with Crippen LogP contribution in [0.2, 0.25) is 0 Å². The van der Waals surface area contributed by atoms with Crippen molar-refractivity contribution >= 4 is 5.69 Å². The van der Waals surface area contributed by atoms with Gasteiger partial charge in [-0.1, -0.05) is 27.7 Å². The first-order valence-corrected chi connectivity index (χ1v) is 6.28. The molecule has 0 amide bonds. The summed E-state index contributed by atoms with van der Waals surface area (Å²) in [5.41, 5.74) is 2.05. The van der Waals surface area contributed by atoms with Crippen LogP contribution in [0.15, 0.2) is 6.20 Å². The zero-order chi connectivity index (χ0) is 12.8. The molecule has 0 saturated heterocycles. The third kappa shape index (κ3) is 4.30. The Morgan fingerprint density at radius 3 is 2.47 bits per heavy atom. The molecular weight excluding hydrogens is 212 g/mol. The molecule has 0 fully saturated rings. The Hall–Kier alpha value is -1.16. The molecule has 17 heavy (non-hydrogen) atoms. The summed E-state index contributed by atoms with van der Waals surface area (Å²) in [5.74, 6) is 1.93. The van der Waals surface area contributed by atoms with Crippen molar-refractivity contribution in [2.75, 3.05) is 18.9 Å². The van der Waals surface area contributed by atoms with E-state index in [1.165, 1.54) is 0 Å². The van der Waals surface area contributed by atoms with Crippen LogP contribution >= 0.6 is 0 Å². The van der Waals surface area contributed by atoms with E-state index in [1.54, 1.807) is 0 Å². The van der Waals surface area contributed by atoms with Gasteiger partial charge in [0.05, 0.1) is 17.6 Å². The highest BCUT2D eigenvalue weighted by Gasteiger charge is 2.08. The van der Waals surface area contributed by atoms with E-state index in [1.807, 2.05) is 13.2 Å². The minimum Gasteiger partial charge on any atom is -0.385 e. The fraction of sp³-hybridized carbons (Fsp3) is 0.692. The topological polar surface area (TPSA) is 49.8 Å². The van der Waals surface area contributed by atoms with E-state index in [0.29, 0.717) is 11.8 Å². The molecule has 1 heterocycles. The van der Waals surface area contributed by atoms with Crippen molar-refractivity contribution in [3.63, 3.8) is 0 Å². The molecule has 0 spiro atoms. The van der Waals surface area contributed by atoms with E-state index >= 15 is 0 Å². The van der Waals surface area contributed by atoms with Gasteiger partial charge in [0.15, 0.2) is 0 Å². The van der Waals surface area contributed by atoms with Crippen LogP contribution in [-0.2, 0) is 6.54 Å². The highest BCUT2D eigenvalue weighted by atomic mass is 15.0. The van der Waals surface area contributed by atoms with Crippen LogP contribution in [-0.4, -0.2) is 23.6 Å². The minimum atomic E-state index is 0.366. The lowest BCUT2D eigenvalue weighted by Gasteiger charge is -2.13. The summed E-state index contributed by atoms with van der Waals surface area (Å²) in [6, 6.07) is 0. The zero-order valence-corrected chi connectivity index (χ0v) is 11.5. The smallest absolute Gasteiger partial charge is 0.131 e. The Labute approximate surface area is 104 Å². The van der Waals surface area contributed by atoms with E-state index in [-0.39, 0.29) is 0 Å². The van der Waals surface area contributed by atoms with Crippen molar-refractivity contribution in [1.29, 1.82) is 0 Å². The molecule has 96 valence electrons. The molecule has 0 bridgehead atoms. The minimum absolute atomic E-state index is 0.366. The van der Waals surface area contributed by atoms with Crippen molar-refractivity contribution in [3.05, 3.63) is 17.7 Å². The largest absolute Gasteiger partial charge is 0.385 e. The van der Waals surface area contributed by atoms with E-state index in [4.69, 9.17) is 0 Å². The van der Waals surface area contributed by atoms with E-state index in [2.05, 4.69) is 48.3 Å². The molecule has 1 aromatic rings. The Bertz CT molecular complexity index is 347. The van der Waals surface area contributed by atoms with Gasteiger partial charge in [-0.2, -0.15) is 0 Å². The van der Waals surface area contributed by atoms with Crippen molar-refractivity contribution < 1.29 is 0 Å². The van der Waals surface area contributed by atoms with Gasteiger partial charge in [0, 0.05) is 19.5 Å². The predicted octanol–water partition coefficient (Wildman–Crippen LogP) is 2.39. The fourth-order valence-corrected chi connectivity index (χ4v) is 1.53. The molecule has 1 rings (SSSR count). The molecule has 2 N–H and O–H groups in total. The first-order chi connectivity index (χ1) is 8.04. The number of rotatable bonds is 6. The summed E-state index contributed by atoms with van der Waals surface area (Å²) >= 11 is 0. The molecule has 0 saturated carbocycles. The van der Waals surface area contributed by atoms with Crippen molar-refractivity contribution in [2.24, 2.45) is 5.92 Å². The number of nitrogens with one attached hydrogen (secondary N) is 2. The van der Waals surface area contributed by atoms with E-state index in [0.717, 1.165) is 30.3 Å². The molecule has 4 nitrogen and oxygen atoms in total. The summed E-state index contributed by atoms with van der Waals surface area (Å²) < 4.78 is 0. The summed E-state index contributed by atoms with van der Waals surface area (Å²) in [4.78, 5) is 8.96. The molecular formula is C13H24N4. The van der Waals surface area contributed by atoms with Crippen molar-refractivity contribution in [3.8, 4) is 0 Å². The molecule has 1 aromatic heterocycles. The summed E-state index contributed by atoms with van der Waals surface area (Å²) in [7, 11) is 1.90. The predicted molar refractivity (Wildman–Crippen MR) is 72.2 cm³/mol. The monoisotopic (exact) mass is 236 g/mol. The quantitative estimate of drug-likeness (QED) is 0.796. The maximum absolute atomic E-state index is 4.60. The Morgan fingerprint density at radius 2 is 1.94 bits per heavy atom. The van der Waals surface area contributed by atoms with Crippen LogP contribution in [0.1, 0.15) is 45.1 Å². The second-order valence-electron chi connectivity index (χ2n) is 5.02. The van der Waals surface area contributed by atoms with Gasteiger partial charge in [-0.3, -0.25) is 0 Å². The van der Waals surface area contributed by atoms with E-state index < -0.39 is 0 Å². The van der Waals surface area contributed by atoms with Gasteiger partial charge < -0.3 is 10.6 Å². The highest BCUT2D eigenvalue weighted by Crippen LogP contribution is 2.15. The number of nitrogens with zero attached hydrogens (tertiary/aromatic N) is 2. The lowest BCUT2D eigenvalue weighted by Crippen LogP contribution is -2.21. The number of hydrogen-bond donors (Lipinski definition) is 2. The van der Waals surface area contributed by atoms with Crippen LogP contribution in [0, 0.1) is 5.92 Å². The molecule has 0 aliphatic rings. The lowest BCUT2D eigenvalue weighted by molar-refractivity contribution is 0.546. The molecule has 0 radical (unpaired) electrons. The maximum atomic E-state index is 4.60. The Morgan fingerprint density at radius 1 is 1.24 bits per heavy atom. The average molecular weight is 236 g/mol. The van der Waals surface area contributed by atoms with Crippen LogP contribution < -0.4 is 10.6 Å². The third-order valence-electron chi connectivity index (χ3n) is 2.52. The average Bonchev–Trinajstić information content (AvgIpc) is 2.28. The van der Waals surface area contributed by atoms with Crippen LogP contribution in [0.25, 0.3) is 0 Å². The standard InChI is InChI=1S/C13H24N4/c1-9(2)6-15-7-12-11(14-5)8-16-13(17-12)10(3)4/h8-10,14-15H,6-7H2,1-5H3. The highest BCUT2D eigenvalue weighted by molar-refractivity contribution is 5.45. The van der Waals surface area contributed by atoms with Crippen LogP contribution in [0.4, 0.5) is 5.69 Å². The second kappa shape index (κ2) is 6.55. The number of aromatic nitrogens is 2. The Kier molecular flexibility index (Phi) is 5.35. The summed E-state index contributed by atoms with van der Waals surface area (Å²) in [6.07, 6.45) is 1.87. The van der Waals surface area contributed by atoms with Crippen molar-refractivity contribution in [2.45, 2.75) is 40.2 Å². The van der Waals surface area contributed by atoms with Gasteiger partial charge in [-0.05, 0) is 12.5 Å². The maximum Gasteiger partial charge on any atom is 0.131 e. The fourth-order valence-electron chi connectivity index (χ4n) is 1.53. The van der Waals surface area contributed by atoms with Gasteiger partial charge in [0.25, 0.3) is 0 Å². The van der Waals surface area contributed by atoms with Gasteiger partial charge in [-0.25, -0.2) is 9.97 Å². The first-order valence-electron chi connectivity index (χ1n) is 6.28. The van der Waals surface area contributed by atoms with Crippen LogP contribution in [0.3, 0.4) is 0 Å². The zero-order valence-electron chi connectivity index (χ0n) is 11.5. The van der Waals surface area contributed by atoms with Gasteiger partial charge in [-0.15, -0.1) is 0 Å². The molecule has 0 unspecified atom stereocenters. The molecule has 0 aliphatic carbocycles. The third-order valence-corrected chi connectivity index (χ3v) is 2.52. The number of hydrogen-bond acceptors (Lipinski definition) is 4. The molecule has 0 aliphatic heterocycles. The normalized spacial score (nSPS) is 11.2. The van der Waals surface area contributed by atoms with Gasteiger partial charge >= 0.3 is 0 Å². The number of anilines is 1. The molecule has 0 atom stereocenters. The first kappa shape index (κ1) is 13.9. The summed E-state index contributed by atoms with van der Waals surface area (Å²) in [5, 5.41) is 6.55. The van der Waals surface area contributed by atoms with Crippen LogP contribution in [0.5, 0.6) is 0 Å². The Balaban J connectivity index is 2.75. The lowest BCUT2D eigenvalue weighted by atomic mass is 10.2. The molecule has 0 aromatic carbocycles. The van der Waals surface area contributed by atoms with Gasteiger partial charge in [0.2, 0.25) is 0 Å².